The molecule has 2 fully saturated rings. The van der Waals surface area contributed by atoms with Gasteiger partial charge in [0.15, 0.2) is 0 Å². The summed E-state index contributed by atoms with van der Waals surface area (Å²) in [4.78, 5) is 15.1. The zero-order valence-corrected chi connectivity index (χ0v) is 16.3. The third-order valence-electron chi connectivity index (χ3n) is 5.87. The minimum Gasteiger partial charge on any atom is -0.342 e. The van der Waals surface area contributed by atoms with Crippen molar-refractivity contribution in [2.45, 2.75) is 38.1 Å². The maximum Gasteiger partial charge on any atom is 0.226 e. The number of nitrogens with zero attached hydrogens (tertiary/aromatic N) is 1. The number of allylic oxidation sites excluding steroid dienone is 4. The van der Waals surface area contributed by atoms with E-state index in [-0.39, 0.29) is 5.92 Å². The van der Waals surface area contributed by atoms with Crippen molar-refractivity contribution in [3.8, 4) is 0 Å². The first kappa shape index (κ1) is 17.9. The van der Waals surface area contributed by atoms with Crippen molar-refractivity contribution in [1.29, 1.82) is 0 Å². The minimum atomic E-state index is 0.205. The van der Waals surface area contributed by atoms with E-state index in [1.807, 2.05) is 0 Å². The molecule has 4 heteroatoms. The Hall–Kier alpha value is -1.52. The topological polar surface area (TPSA) is 32.3 Å². The molecule has 4 rings (SSSR count). The van der Waals surface area contributed by atoms with Crippen LogP contribution in [0.4, 0.5) is 0 Å². The molecule has 3 nitrogen and oxygen atoms in total. The summed E-state index contributed by atoms with van der Waals surface area (Å²) in [5.74, 6) is 1.02. The fourth-order valence-corrected chi connectivity index (χ4v) is 4.95. The van der Waals surface area contributed by atoms with Gasteiger partial charge in [0, 0.05) is 25.0 Å². The van der Waals surface area contributed by atoms with Gasteiger partial charge in [-0.25, -0.2) is 0 Å². The van der Waals surface area contributed by atoms with Crippen LogP contribution in [-0.4, -0.2) is 36.2 Å². The molecule has 1 N–H and O–H groups in total. The SMILES string of the molecule is CSNC1CCN(C(=O)C2CC2C2=CCCC=C2c2ccccc2)CC1. The highest BCUT2D eigenvalue weighted by atomic mass is 32.2. The molecule has 1 aliphatic heterocycles. The number of carbonyl (C=O) groups is 1. The molecule has 1 heterocycles. The molecule has 1 saturated carbocycles. The molecule has 2 atom stereocenters. The summed E-state index contributed by atoms with van der Waals surface area (Å²) in [5.41, 5.74) is 4.07. The van der Waals surface area contributed by atoms with E-state index >= 15 is 0 Å². The predicted molar refractivity (Wildman–Crippen MR) is 110 cm³/mol. The molecular weight excluding hydrogens is 340 g/mol. The van der Waals surface area contributed by atoms with Crippen LogP contribution in [0.1, 0.15) is 37.7 Å². The maximum absolute atomic E-state index is 13.0. The van der Waals surface area contributed by atoms with Crippen molar-refractivity contribution in [3.05, 3.63) is 53.6 Å². The second kappa shape index (κ2) is 8.01. The average Bonchev–Trinajstić information content (AvgIpc) is 3.50. The van der Waals surface area contributed by atoms with Crippen LogP contribution in [-0.2, 0) is 4.79 Å². The van der Waals surface area contributed by atoms with Crippen molar-refractivity contribution in [2.75, 3.05) is 19.3 Å². The van der Waals surface area contributed by atoms with Crippen LogP contribution in [0.15, 0.2) is 48.1 Å². The van der Waals surface area contributed by atoms with Crippen molar-refractivity contribution in [1.82, 2.24) is 9.62 Å². The second-order valence-electron chi connectivity index (χ2n) is 7.59. The van der Waals surface area contributed by atoms with E-state index in [0.29, 0.717) is 17.9 Å². The zero-order valence-electron chi connectivity index (χ0n) is 15.5. The van der Waals surface area contributed by atoms with E-state index in [0.717, 1.165) is 45.2 Å². The van der Waals surface area contributed by atoms with E-state index in [1.165, 1.54) is 16.7 Å². The largest absolute Gasteiger partial charge is 0.342 e. The monoisotopic (exact) mass is 368 g/mol. The van der Waals surface area contributed by atoms with Gasteiger partial charge < -0.3 is 4.90 Å². The molecule has 0 aromatic heterocycles. The van der Waals surface area contributed by atoms with Gasteiger partial charge in [0.25, 0.3) is 0 Å². The van der Waals surface area contributed by atoms with Crippen molar-refractivity contribution in [2.24, 2.45) is 11.8 Å². The van der Waals surface area contributed by atoms with Crippen LogP contribution in [0.2, 0.25) is 0 Å². The Morgan fingerprint density at radius 2 is 1.85 bits per heavy atom. The molecule has 26 heavy (non-hydrogen) atoms. The van der Waals surface area contributed by atoms with Gasteiger partial charge in [-0.1, -0.05) is 54.4 Å². The highest BCUT2D eigenvalue weighted by molar-refractivity contribution is 7.96. The Kier molecular flexibility index (Phi) is 5.51. The lowest BCUT2D eigenvalue weighted by Crippen LogP contribution is -2.44. The standard InChI is InChI=1S/C22H28N2OS/c1-26-23-17-11-13-24(14-12-17)22(25)21-15-20(21)19-10-6-5-9-18(19)16-7-3-2-4-8-16/h2-4,7-10,17,20-21,23H,5-6,11-15H2,1H3. The number of benzene rings is 1. The number of rotatable bonds is 5. The van der Waals surface area contributed by atoms with Gasteiger partial charge in [-0.2, -0.15) is 0 Å². The number of likely N-dealkylation sites (tertiary alicyclic amines) is 1. The number of nitrogens with one attached hydrogen (secondary N) is 1. The van der Waals surface area contributed by atoms with Crippen LogP contribution in [0, 0.1) is 11.8 Å². The van der Waals surface area contributed by atoms with E-state index in [1.54, 1.807) is 11.9 Å². The van der Waals surface area contributed by atoms with Gasteiger partial charge in [0.05, 0.1) is 0 Å². The zero-order chi connectivity index (χ0) is 17.9. The molecule has 2 unspecified atom stereocenters. The molecule has 0 spiro atoms. The predicted octanol–water partition coefficient (Wildman–Crippen LogP) is 4.28. The molecule has 0 bridgehead atoms. The average molecular weight is 369 g/mol. The molecule has 1 aromatic rings. The third kappa shape index (κ3) is 3.77. The van der Waals surface area contributed by atoms with Crippen LogP contribution in [0.3, 0.4) is 0 Å². The summed E-state index contributed by atoms with van der Waals surface area (Å²) in [6, 6.07) is 11.2. The number of hydrogen-bond acceptors (Lipinski definition) is 3. The smallest absolute Gasteiger partial charge is 0.226 e. The Balaban J connectivity index is 1.39. The van der Waals surface area contributed by atoms with E-state index in [9.17, 15) is 4.79 Å². The Labute approximate surface area is 161 Å². The van der Waals surface area contributed by atoms with Crippen molar-refractivity contribution < 1.29 is 4.79 Å². The fourth-order valence-electron chi connectivity index (χ4n) is 4.38. The van der Waals surface area contributed by atoms with Crippen LogP contribution in [0.25, 0.3) is 5.57 Å². The summed E-state index contributed by atoms with van der Waals surface area (Å²) in [6.07, 6.45) is 12.2. The Bertz CT molecular complexity index is 704. The fraction of sp³-hybridized carbons (Fsp3) is 0.500. The van der Waals surface area contributed by atoms with Gasteiger partial charge in [0.2, 0.25) is 5.91 Å². The molecular formula is C22H28N2OS. The molecule has 1 aromatic carbocycles. The van der Waals surface area contributed by atoms with Gasteiger partial charge in [-0.3, -0.25) is 9.52 Å². The van der Waals surface area contributed by atoms with Crippen LogP contribution >= 0.6 is 11.9 Å². The van der Waals surface area contributed by atoms with Crippen LogP contribution < -0.4 is 4.72 Å². The lowest BCUT2D eigenvalue weighted by molar-refractivity contribution is -0.133. The normalized spacial score (nSPS) is 26.3. The summed E-state index contributed by atoms with van der Waals surface area (Å²) in [7, 11) is 0. The second-order valence-corrected chi connectivity index (χ2v) is 8.23. The third-order valence-corrected chi connectivity index (χ3v) is 6.44. The molecule has 1 saturated heterocycles. The quantitative estimate of drug-likeness (QED) is 0.787. The number of carbonyl (C=O) groups excluding carboxylic acids is 1. The summed E-state index contributed by atoms with van der Waals surface area (Å²) >= 11 is 1.69. The molecule has 138 valence electrons. The summed E-state index contributed by atoms with van der Waals surface area (Å²) in [5, 5.41) is 0. The summed E-state index contributed by atoms with van der Waals surface area (Å²) in [6.45, 7) is 1.81. The van der Waals surface area contributed by atoms with Gasteiger partial charge in [-0.05, 0) is 61.0 Å². The highest BCUT2D eigenvalue weighted by Crippen LogP contribution is 2.51. The molecule has 2 aliphatic carbocycles. The lowest BCUT2D eigenvalue weighted by Gasteiger charge is -2.32. The first-order valence-corrected chi connectivity index (χ1v) is 11.0. The summed E-state index contributed by atoms with van der Waals surface area (Å²) < 4.78 is 3.44. The number of hydrogen-bond donors (Lipinski definition) is 1. The lowest BCUT2D eigenvalue weighted by atomic mass is 9.88. The van der Waals surface area contributed by atoms with Crippen molar-refractivity contribution in [3.63, 3.8) is 0 Å². The number of piperidine rings is 1. The molecule has 1 amide bonds. The maximum atomic E-state index is 13.0. The first-order chi connectivity index (χ1) is 12.8. The Morgan fingerprint density at radius 1 is 1.12 bits per heavy atom. The minimum absolute atomic E-state index is 0.205. The molecule has 3 aliphatic rings. The van der Waals surface area contributed by atoms with Gasteiger partial charge >= 0.3 is 0 Å². The van der Waals surface area contributed by atoms with E-state index < -0.39 is 0 Å². The number of amides is 1. The highest BCUT2D eigenvalue weighted by Gasteiger charge is 2.48. The Morgan fingerprint density at radius 3 is 2.58 bits per heavy atom. The van der Waals surface area contributed by atoms with Gasteiger partial charge in [0.1, 0.15) is 0 Å². The van der Waals surface area contributed by atoms with Gasteiger partial charge in [-0.15, -0.1) is 0 Å². The van der Waals surface area contributed by atoms with Crippen molar-refractivity contribution >= 4 is 23.4 Å². The molecule has 0 radical (unpaired) electrons. The van der Waals surface area contributed by atoms with Crippen LogP contribution in [0.5, 0.6) is 0 Å². The first-order valence-electron chi connectivity index (χ1n) is 9.81. The van der Waals surface area contributed by atoms with E-state index in [4.69, 9.17) is 0 Å². The van der Waals surface area contributed by atoms with E-state index in [2.05, 4.69) is 58.4 Å².